The molecule has 0 spiro atoms. The van der Waals surface area contributed by atoms with Crippen LogP contribution in [-0.2, 0) is 9.59 Å². The number of aromatic nitrogens is 2. The van der Waals surface area contributed by atoms with Crippen LogP contribution in [0.15, 0.2) is 84.1 Å². The fraction of sp³-hybridized carbons (Fsp3) is 0.200. The van der Waals surface area contributed by atoms with Crippen LogP contribution in [0.3, 0.4) is 0 Å². The molecular formula is C30H28N4O3. The quantitative estimate of drug-likeness (QED) is 0.250. The maximum absolute atomic E-state index is 13.3. The van der Waals surface area contributed by atoms with Crippen molar-refractivity contribution < 1.29 is 14.3 Å². The molecule has 0 radical (unpaired) electrons. The maximum Gasteiger partial charge on any atom is 0.271 e. The minimum Gasteiger partial charge on any atom is -0.491 e. The molecule has 7 heteroatoms. The second kappa shape index (κ2) is 10.5. The maximum atomic E-state index is 13.3. The lowest BCUT2D eigenvalue weighted by Gasteiger charge is -2.26. The zero-order chi connectivity index (χ0) is 26.7. The normalized spacial score (nSPS) is 14.9. The largest absolute Gasteiger partial charge is 0.491 e. The molecule has 1 aromatic heterocycles. The molecule has 2 amide bonds. The summed E-state index contributed by atoms with van der Waals surface area (Å²) in [5.41, 5.74) is 4.58. The van der Waals surface area contributed by atoms with Crippen LogP contribution in [0, 0.1) is 18.3 Å². The fourth-order valence-electron chi connectivity index (χ4n) is 4.24. The van der Waals surface area contributed by atoms with E-state index in [2.05, 4.69) is 6.58 Å². The van der Waals surface area contributed by atoms with E-state index >= 15 is 0 Å². The number of imide groups is 1. The Morgan fingerprint density at radius 1 is 1.11 bits per heavy atom. The number of hydrogen-bond acceptors (Lipinski definition) is 5. The third-order valence-electron chi connectivity index (χ3n) is 6.02. The molecule has 2 heterocycles. The molecule has 3 aromatic rings. The van der Waals surface area contributed by atoms with Gasteiger partial charge in [0.15, 0.2) is 0 Å². The van der Waals surface area contributed by atoms with Gasteiger partial charge in [0.05, 0.1) is 11.8 Å². The number of aryl methyl sites for hydroxylation is 1. The highest BCUT2D eigenvalue weighted by Gasteiger charge is 2.35. The molecule has 37 heavy (non-hydrogen) atoms. The molecule has 0 fully saturated rings. The van der Waals surface area contributed by atoms with Crippen molar-refractivity contribution >= 4 is 17.9 Å². The van der Waals surface area contributed by atoms with E-state index in [1.165, 1.54) is 6.08 Å². The van der Waals surface area contributed by atoms with E-state index in [9.17, 15) is 14.9 Å². The topological polar surface area (TPSA) is 88.2 Å². The fourth-order valence-corrected chi connectivity index (χ4v) is 4.24. The van der Waals surface area contributed by atoms with E-state index in [0.29, 0.717) is 16.8 Å². The SMILES string of the molecule is C=CCN1C(=O)C(C#N)=C(C)/C(=C\c2cn(-c3ccccc3)nc2-c2ccc(OC(C)C)cc2C)C1=O. The number of nitrogens with zero attached hydrogens (tertiary/aromatic N) is 4. The molecule has 0 saturated heterocycles. The van der Waals surface area contributed by atoms with Gasteiger partial charge in [-0.25, -0.2) is 4.68 Å². The van der Waals surface area contributed by atoms with Crippen LogP contribution >= 0.6 is 0 Å². The number of para-hydroxylation sites is 1. The molecule has 1 aliphatic heterocycles. The lowest BCUT2D eigenvalue weighted by molar-refractivity contribution is -0.139. The molecule has 0 aliphatic carbocycles. The van der Waals surface area contributed by atoms with E-state index in [1.807, 2.05) is 81.6 Å². The molecule has 4 rings (SSSR count). The second-order valence-corrected chi connectivity index (χ2v) is 9.04. The van der Waals surface area contributed by atoms with Crippen LogP contribution in [0.25, 0.3) is 23.0 Å². The number of rotatable bonds is 7. The number of ether oxygens (including phenoxy) is 1. The highest BCUT2D eigenvalue weighted by molar-refractivity contribution is 6.20. The average Bonchev–Trinajstić information content (AvgIpc) is 3.28. The summed E-state index contributed by atoms with van der Waals surface area (Å²) in [5.74, 6) is -0.326. The van der Waals surface area contributed by atoms with Gasteiger partial charge >= 0.3 is 0 Å². The number of amides is 2. The van der Waals surface area contributed by atoms with Crippen molar-refractivity contribution in [2.24, 2.45) is 0 Å². The van der Waals surface area contributed by atoms with Gasteiger partial charge in [0, 0.05) is 29.4 Å². The molecule has 1 aliphatic rings. The Hall–Kier alpha value is -4.70. The minimum absolute atomic E-state index is 0.0139. The van der Waals surface area contributed by atoms with Gasteiger partial charge in [-0.2, -0.15) is 10.4 Å². The highest BCUT2D eigenvalue weighted by atomic mass is 16.5. The minimum atomic E-state index is -0.612. The zero-order valence-electron chi connectivity index (χ0n) is 21.4. The van der Waals surface area contributed by atoms with E-state index in [0.717, 1.165) is 27.5 Å². The van der Waals surface area contributed by atoms with Crippen LogP contribution in [-0.4, -0.2) is 39.1 Å². The summed E-state index contributed by atoms with van der Waals surface area (Å²) in [6.07, 6.45) is 5.06. The summed E-state index contributed by atoms with van der Waals surface area (Å²) in [5, 5.41) is 14.5. The van der Waals surface area contributed by atoms with Crippen molar-refractivity contribution in [2.45, 2.75) is 33.8 Å². The molecule has 0 saturated carbocycles. The van der Waals surface area contributed by atoms with Crippen LogP contribution < -0.4 is 4.74 Å². The van der Waals surface area contributed by atoms with Gasteiger partial charge in [0.25, 0.3) is 11.8 Å². The van der Waals surface area contributed by atoms with E-state index < -0.39 is 11.8 Å². The Morgan fingerprint density at radius 2 is 1.84 bits per heavy atom. The molecule has 0 bridgehead atoms. The number of benzene rings is 2. The predicted octanol–water partition coefficient (Wildman–Crippen LogP) is 5.41. The molecule has 2 aromatic carbocycles. The first-order chi connectivity index (χ1) is 17.7. The second-order valence-electron chi connectivity index (χ2n) is 9.04. The van der Waals surface area contributed by atoms with Gasteiger partial charge in [-0.1, -0.05) is 24.3 Å². The van der Waals surface area contributed by atoms with Crippen LogP contribution in [0.2, 0.25) is 0 Å². The Labute approximate surface area is 216 Å². The van der Waals surface area contributed by atoms with Gasteiger partial charge < -0.3 is 4.74 Å². The Kier molecular flexibility index (Phi) is 7.21. The number of nitriles is 1. The van der Waals surface area contributed by atoms with Gasteiger partial charge in [-0.05, 0) is 75.2 Å². The number of carbonyl (C=O) groups is 2. The summed E-state index contributed by atoms with van der Waals surface area (Å²) in [6, 6.07) is 17.4. The first kappa shape index (κ1) is 25.4. The van der Waals surface area contributed by atoms with Crippen molar-refractivity contribution in [1.29, 1.82) is 5.26 Å². The summed E-state index contributed by atoms with van der Waals surface area (Å²) in [6.45, 7) is 11.2. The van der Waals surface area contributed by atoms with Crippen molar-refractivity contribution in [3.05, 3.63) is 95.2 Å². The van der Waals surface area contributed by atoms with Gasteiger partial charge in [0.1, 0.15) is 23.1 Å². The molecular weight excluding hydrogens is 464 g/mol. The van der Waals surface area contributed by atoms with Crippen molar-refractivity contribution in [3.63, 3.8) is 0 Å². The lowest BCUT2D eigenvalue weighted by Crippen LogP contribution is -2.42. The Balaban J connectivity index is 1.92. The Bertz CT molecular complexity index is 1490. The third-order valence-corrected chi connectivity index (χ3v) is 6.02. The molecule has 0 N–H and O–H groups in total. The van der Waals surface area contributed by atoms with Gasteiger partial charge in [0.2, 0.25) is 0 Å². The van der Waals surface area contributed by atoms with Gasteiger partial charge in [-0.15, -0.1) is 6.58 Å². The first-order valence-corrected chi connectivity index (χ1v) is 12.0. The molecule has 7 nitrogen and oxygen atoms in total. The van der Waals surface area contributed by atoms with E-state index in [-0.39, 0.29) is 23.8 Å². The molecule has 0 atom stereocenters. The van der Waals surface area contributed by atoms with Crippen molar-refractivity contribution in [2.75, 3.05) is 6.54 Å². The van der Waals surface area contributed by atoms with Crippen molar-refractivity contribution in [3.8, 4) is 28.8 Å². The summed E-state index contributed by atoms with van der Waals surface area (Å²) in [7, 11) is 0. The van der Waals surface area contributed by atoms with E-state index in [1.54, 1.807) is 17.7 Å². The third kappa shape index (κ3) is 5.00. The molecule has 186 valence electrons. The standard InChI is InChI=1S/C30H28N4O3/c1-6-14-33-29(35)26(21(5)27(17-31)30(33)36)16-22-18-34(23-10-8-7-9-11-23)32-28(22)25-13-12-24(15-20(25)4)37-19(2)3/h6-13,15-16,18-19H,1,14H2,2-5H3/b26-16+. The first-order valence-electron chi connectivity index (χ1n) is 12.0. The summed E-state index contributed by atoms with van der Waals surface area (Å²) in [4.78, 5) is 27.1. The zero-order valence-corrected chi connectivity index (χ0v) is 21.4. The smallest absolute Gasteiger partial charge is 0.271 e. The number of carbonyl (C=O) groups excluding carboxylic acids is 2. The molecule has 0 unspecified atom stereocenters. The number of hydrogen-bond donors (Lipinski definition) is 0. The summed E-state index contributed by atoms with van der Waals surface area (Å²) < 4.78 is 7.60. The van der Waals surface area contributed by atoms with Crippen LogP contribution in [0.5, 0.6) is 5.75 Å². The lowest BCUT2D eigenvalue weighted by atomic mass is 9.93. The van der Waals surface area contributed by atoms with Crippen LogP contribution in [0.4, 0.5) is 0 Å². The highest BCUT2D eigenvalue weighted by Crippen LogP contribution is 2.33. The predicted molar refractivity (Wildman–Crippen MR) is 143 cm³/mol. The van der Waals surface area contributed by atoms with Gasteiger partial charge in [-0.3, -0.25) is 14.5 Å². The van der Waals surface area contributed by atoms with Crippen LogP contribution in [0.1, 0.15) is 31.9 Å². The summed E-state index contributed by atoms with van der Waals surface area (Å²) >= 11 is 0. The average molecular weight is 493 g/mol. The monoisotopic (exact) mass is 492 g/mol. The Morgan fingerprint density at radius 3 is 2.46 bits per heavy atom. The van der Waals surface area contributed by atoms with E-state index in [4.69, 9.17) is 9.84 Å². The van der Waals surface area contributed by atoms with Crippen molar-refractivity contribution in [1.82, 2.24) is 14.7 Å².